The quantitative estimate of drug-likeness (QED) is 0.0636. The molecule has 0 saturated heterocycles. The maximum Gasteiger partial charge on any atom is 2.00 e. The van der Waals surface area contributed by atoms with E-state index in [1.54, 1.807) is 37.5 Å². The number of hydrazone groups is 4. The molecule has 0 saturated carbocycles. The van der Waals surface area contributed by atoms with E-state index in [1.807, 2.05) is 0 Å². The van der Waals surface area contributed by atoms with Gasteiger partial charge in [0.05, 0.1) is 46.7 Å². The molecule has 0 aromatic rings. The van der Waals surface area contributed by atoms with Crippen LogP contribution in [0.25, 0.3) is 0 Å². The molecule has 0 rings (SSSR count). The summed E-state index contributed by atoms with van der Waals surface area (Å²) in [5, 5.41) is 52.5. The maximum atomic E-state index is 9.95. The molecule has 32 heteroatoms. The second kappa shape index (κ2) is 48.2. The van der Waals surface area contributed by atoms with Crippen molar-refractivity contribution in [1.29, 1.82) is 0 Å². The molecule has 0 aliphatic carbocycles. The van der Waals surface area contributed by atoms with Crippen molar-refractivity contribution in [2.45, 2.75) is 27.7 Å². The van der Waals surface area contributed by atoms with Gasteiger partial charge in [-0.05, 0) is 76.6 Å². The van der Waals surface area contributed by atoms with Crippen LogP contribution < -0.4 is 65.1 Å². The first-order valence-electron chi connectivity index (χ1n) is 12.3. The van der Waals surface area contributed by atoms with Crippen LogP contribution >= 0.6 is 48.9 Å². The molecule has 0 atom stereocenters. The number of hydrogen-bond acceptors (Lipinski definition) is 19. The smallest absolute Gasteiger partial charge is 0.543 e. The largest absolute Gasteiger partial charge is 2.00 e. The predicted octanol–water partition coefficient (Wildman–Crippen LogP) is -8.24. The maximum absolute atomic E-state index is 9.95. The van der Waals surface area contributed by atoms with E-state index >= 15 is 0 Å². The summed E-state index contributed by atoms with van der Waals surface area (Å²) < 4.78 is 28.7. The summed E-state index contributed by atoms with van der Waals surface area (Å²) in [5.74, 6) is -5.43. The second-order valence-electron chi connectivity index (χ2n) is 8.07. The van der Waals surface area contributed by atoms with E-state index < -0.39 is 56.3 Å². The standard InChI is InChI=1S/4C4H7N3O2S.3C2H6OS.2Pt/c4*1-2(3(8)9)6-7-4(5)10;3*1-4(2)3;;/h4*1H3,(H,8,9)(H3,5,7,10);3*1-2H3;;/q;;;;;;;2*+2/p-4/b4*6-2-;;;;;. The van der Waals surface area contributed by atoms with E-state index in [0.717, 1.165) is 0 Å². The first-order valence-corrected chi connectivity index (χ1v) is 19.9. The van der Waals surface area contributed by atoms with Crippen LogP contribution in [0.4, 0.5) is 0 Å². The molecule has 0 aliphatic heterocycles. The van der Waals surface area contributed by atoms with Gasteiger partial charge in [-0.2, -0.15) is 20.4 Å². The molecule has 54 heavy (non-hydrogen) atoms. The molecule has 0 radical (unpaired) electrons. The Morgan fingerprint density at radius 1 is 0.426 bits per heavy atom. The summed E-state index contributed by atoms with van der Waals surface area (Å²) >= 11 is 17.4. The molecule has 0 spiro atoms. The molecule has 318 valence electrons. The molecule has 23 nitrogen and oxygen atoms in total. The average molecular weight is 1270 g/mol. The number of hydrogen-bond donors (Lipinski definition) is 8. The predicted molar refractivity (Wildman–Crippen MR) is 212 cm³/mol. The minimum Gasteiger partial charge on any atom is -0.543 e. The van der Waals surface area contributed by atoms with Gasteiger partial charge in [0, 0.05) is 69.9 Å². The van der Waals surface area contributed by atoms with Crippen LogP contribution in [-0.2, 0) is 93.7 Å². The van der Waals surface area contributed by atoms with Gasteiger partial charge in [-0.25, -0.2) is 0 Å². The molecule has 0 amide bonds. The number of nitrogens with one attached hydrogen (secondary N) is 4. The first kappa shape index (κ1) is 72.4. The molecule has 12 N–H and O–H groups in total. The SMILES string of the molecule is C/C(=N/NC(N)=S)C(=O)[O-].C/C(=N/NC(N)=S)C(=O)[O-].C/C(=N/NC(N)=S)C(=O)[O-].C/C(=N/NC(N)=S)C(=O)[O-].CS(C)=O.CS(C)=O.CS(C)=O.[Pt+2].[Pt+2]. The van der Waals surface area contributed by atoms with Gasteiger partial charge >= 0.3 is 42.1 Å². The van der Waals surface area contributed by atoms with Crippen molar-refractivity contribution >= 4 is 148 Å². The van der Waals surface area contributed by atoms with Crippen molar-refractivity contribution < 1.29 is 94.4 Å². The Morgan fingerprint density at radius 2 is 0.519 bits per heavy atom. The third-order valence-electron chi connectivity index (χ3n) is 2.52. The number of carboxylic acids is 4. The van der Waals surface area contributed by atoms with E-state index in [9.17, 15) is 52.2 Å². The molecule has 0 aromatic carbocycles. The zero-order valence-electron chi connectivity index (χ0n) is 30.1. The molecular weight excluding hydrogens is 1220 g/mol. The Morgan fingerprint density at radius 3 is 0.574 bits per heavy atom. The van der Waals surface area contributed by atoms with E-state index in [-0.39, 0.29) is 85.4 Å². The van der Waals surface area contributed by atoms with Crippen LogP contribution in [0.1, 0.15) is 27.7 Å². The van der Waals surface area contributed by atoms with Crippen molar-refractivity contribution in [3.63, 3.8) is 0 Å². The summed E-state index contributed by atoms with van der Waals surface area (Å²) in [5.41, 5.74) is 27.4. The minimum absolute atomic E-state index is 0. The van der Waals surface area contributed by atoms with Crippen molar-refractivity contribution in [2.75, 3.05) is 37.5 Å². The Bertz CT molecular complexity index is 1190. The normalized spacial score (nSPS) is 9.87. The minimum atomic E-state index is -1.36. The Kier molecular flexibility index (Phi) is 64.6. The van der Waals surface area contributed by atoms with E-state index in [4.69, 9.17) is 22.9 Å². The van der Waals surface area contributed by atoms with Crippen LogP contribution in [0.3, 0.4) is 0 Å². The molecular formula is C22H42N12O11Pt2S7. The molecule has 0 aromatic heterocycles. The number of nitrogens with two attached hydrogens (primary N) is 4. The number of nitrogens with zero attached hydrogens (tertiary/aromatic N) is 4. The zero-order chi connectivity index (χ0) is 43.3. The van der Waals surface area contributed by atoms with Crippen molar-refractivity contribution in [3.05, 3.63) is 0 Å². The molecule has 0 unspecified atom stereocenters. The van der Waals surface area contributed by atoms with Gasteiger partial charge in [-0.1, -0.05) is 0 Å². The fourth-order valence-corrected chi connectivity index (χ4v) is 0.921. The van der Waals surface area contributed by atoms with E-state index in [0.29, 0.717) is 0 Å². The van der Waals surface area contributed by atoms with Gasteiger partial charge in [0.1, 0.15) is 0 Å². The van der Waals surface area contributed by atoms with Gasteiger partial charge in [0.2, 0.25) is 0 Å². The van der Waals surface area contributed by atoms with Gasteiger partial charge < -0.3 is 62.5 Å². The number of carbonyl (C=O) groups excluding carboxylic acids is 4. The Labute approximate surface area is 370 Å². The molecule has 0 fully saturated rings. The van der Waals surface area contributed by atoms with Crippen molar-refractivity contribution in [3.8, 4) is 0 Å². The van der Waals surface area contributed by atoms with Gasteiger partial charge in [-0.3, -0.25) is 34.3 Å². The fraction of sp³-hybridized carbons (Fsp3) is 0.455. The number of aliphatic carboxylic acids is 4. The number of thiocarbonyl (C=S) groups is 4. The zero-order valence-corrected chi connectivity index (χ0v) is 40.3. The van der Waals surface area contributed by atoms with Crippen molar-refractivity contribution in [1.82, 2.24) is 21.7 Å². The summed E-state index contributed by atoms with van der Waals surface area (Å²) in [6.45, 7) is 5.06. The Balaban J connectivity index is -0.0000000642. The number of carboxylic acid groups (broad SMARTS) is 4. The Hall–Kier alpha value is -2.85. The van der Waals surface area contributed by atoms with Crippen LogP contribution in [0.5, 0.6) is 0 Å². The molecule has 0 aliphatic rings. The summed E-state index contributed by atoms with van der Waals surface area (Å²) in [6, 6.07) is 0. The number of rotatable bonds is 8. The van der Waals surface area contributed by atoms with Crippen LogP contribution in [0.15, 0.2) is 20.4 Å². The average Bonchev–Trinajstić information content (AvgIpc) is 2.95. The molecule has 0 bridgehead atoms. The van der Waals surface area contributed by atoms with Crippen LogP contribution in [0, 0.1) is 0 Å². The van der Waals surface area contributed by atoms with Gasteiger partial charge in [-0.15, -0.1) is 0 Å². The summed E-state index contributed by atoms with van der Waals surface area (Å²) in [6.07, 6.45) is 9.83. The van der Waals surface area contributed by atoms with Gasteiger partial charge in [0.25, 0.3) is 0 Å². The summed E-state index contributed by atoms with van der Waals surface area (Å²) in [7, 11) is -1.83. The fourth-order valence-electron chi connectivity index (χ4n) is 0.738. The third-order valence-corrected chi connectivity index (χ3v) is 2.88. The van der Waals surface area contributed by atoms with E-state index in [2.05, 4.69) is 91.0 Å². The first-order chi connectivity index (χ1) is 23.3. The number of carbonyl (C=O) groups is 4. The van der Waals surface area contributed by atoms with Crippen molar-refractivity contribution in [2.24, 2.45) is 43.3 Å². The van der Waals surface area contributed by atoms with Crippen LogP contribution in [0.2, 0.25) is 0 Å². The summed E-state index contributed by atoms with van der Waals surface area (Å²) in [4.78, 5) is 39.8. The second-order valence-corrected chi connectivity index (χ2v) is 14.3. The monoisotopic (exact) mass is 1260 g/mol. The van der Waals surface area contributed by atoms with E-state index in [1.165, 1.54) is 27.7 Å². The third kappa shape index (κ3) is 104. The molecule has 0 heterocycles. The van der Waals surface area contributed by atoms with Crippen LogP contribution in [-0.4, -0.2) is 117 Å². The topological polar surface area (TPSA) is 413 Å². The van der Waals surface area contributed by atoms with Gasteiger partial charge in [0.15, 0.2) is 20.4 Å².